The number of aryl methyl sites for hydroxylation is 3. The Balaban J connectivity index is 2.43. The number of rotatable bonds is 3. The molecule has 0 heterocycles. The highest BCUT2D eigenvalue weighted by Gasteiger charge is 2.09. The fourth-order valence-electron chi connectivity index (χ4n) is 2.08. The predicted octanol–water partition coefficient (Wildman–Crippen LogP) is 3.86. The lowest BCUT2D eigenvalue weighted by molar-refractivity contribution is 0.472. The minimum absolute atomic E-state index is 0.442. The maximum atomic E-state index is 10.8. The van der Waals surface area contributed by atoms with Crippen LogP contribution in [0.5, 0.6) is 11.5 Å². The Morgan fingerprint density at radius 2 is 1.61 bits per heavy atom. The molecule has 0 aromatic heterocycles. The van der Waals surface area contributed by atoms with Gasteiger partial charge in [0.1, 0.15) is 11.5 Å². The van der Waals surface area contributed by atoms with Crippen molar-refractivity contribution in [3.8, 4) is 11.5 Å². The second-order valence-corrected chi connectivity index (χ2v) is 4.43. The van der Waals surface area contributed by atoms with E-state index in [1.807, 2.05) is 26.2 Å². The monoisotopic (exact) mass is 239 g/mol. The summed E-state index contributed by atoms with van der Waals surface area (Å²) in [6.07, 6.45) is 1.89. The molecule has 0 spiro atoms. The molecule has 2 heteroatoms. The topological polar surface area (TPSA) is 26.3 Å². The van der Waals surface area contributed by atoms with Gasteiger partial charge in [0.15, 0.2) is 0 Å². The van der Waals surface area contributed by atoms with Crippen molar-refractivity contribution in [2.24, 2.45) is 0 Å². The number of hydrogen-bond acceptors (Lipinski definition) is 2. The molecule has 91 valence electrons. The summed E-state index contributed by atoms with van der Waals surface area (Å²) in [7, 11) is 0. The summed E-state index contributed by atoms with van der Waals surface area (Å²) >= 11 is 0. The Bertz CT molecular complexity index is 562. The van der Waals surface area contributed by atoms with E-state index in [0.29, 0.717) is 11.3 Å². The molecule has 0 fully saturated rings. The van der Waals surface area contributed by atoms with Gasteiger partial charge in [-0.05, 0) is 44.0 Å². The molecule has 2 nitrogen and oxygen atoms in total. The predicted molar refractivity (Wildman–Crippen MR) is 72.0 cm³/mol. The largest absolute Gasteiger partial charge is 0.456 e. The fraction of sp³-hybridized carbons (Fsp3) is 0.188. The molecular weight excluding hydrogens is 224 g/mol. The maximum Gasteiger partial charge on any atom is 0.237 e. The molecular formula is C16H15O2. The zero-order valence-corrected chi connectivity index (χ0v) is 10.8. The molecule has 2 aromatic rings. The first-order valence-electron chi connectivity index (χ1n) is 5.84. The minimum Gasteiger partial charge on any atom is -0.456 e. The molecule has 0 aliphatic carbocycles. The van der Waals surface area contributed by atoms with Gasteiger partial charge in [-0.1, -0.05) is 29.8 Å². The van der Waals surface area contributed by atoms with Crippen LogP contribution in [0.3, 0.4) is 0 Å². The van der Waals surface area contributed by atoms with Crippen LogP contribution in [-0.2, 0) is 4.79 Å². The van der Waals surface area contributed by atoms with Gasteiger partial charge in [-0.2, -0.15) is 0 Å². The summed E-state index contributed by atoms with van der Waals surface area (Å²) in [6.45, 7) is 6.06. The normalized spacial score (nSPS) is 10.2. The Morgan fingerprint density at radius 1 is 1.00 bits per heavy atom. The van der Waals surface area contributed by atoms with Gasteiger partial charge in [-0.25, -0.2) is 0 Å². The summed E-state index contributed by atoms with van der Waals surface area (Å²) in [5.41, 5.74) is 3.77. The molecule has 2 aromatic carbocycles. The first kappa shape index (κ1) is 12.4. The van der Waals surface area contributed by atoms with E-state index in [9.17, 15) is 4.79 Å². The summed E-state index contributed by atoms with van der Waals surface area (Å²) in [4.78, 5) is 10.8. The molecule has 0 N–H and O–H groups in total. The lowest BCUT2D eigenvalue weighted by Gasteiger charge is -2.13. The summed E-state index contributed by atoms with van der Waals surface area (Å²) < 4.78 is 5.85. The zero-order valence-electron chi connectivity index (χ0n) is 10.8. The van der Waals surface area contributed by atoms with Gasteiger partial charge in [0.2, 0.25) is 6.29 Å². The van der Waals surface area contributed by atoms with Gasteiger partial charge in [-0.15, -0.1) is 0 Å². The van der Waals surface area contributed by atoms with Crippen LogP contribution in [0.15, 0.2) is 36.4 Å². The first-order chi connectivity index (χ1) is 8.61. The molecule has 2 rings (SSSR count). The molecule has 1 radical (unpaired) electrons. The second kappa shape index (κ2) is 5.05. The molecule has 0 unspecified atom stereocenters. The molecule has 0 saturated carbocycles. The molecule has 0 saturated heterocycles. The third kappa shape index (κ3) is 2.43. The van der Waals surface area contributed by atoms with Crippen LogP contribution in [0.4, 0.5) is 0 Å². The second-order valence-electron chi connectivity index (χ2n) is 4.43. The quantitative estimate of drug-likeness (QED) is 0.813. The molecule has 0 amide bonds. The molecule has 0 aliphatic rings. The standard InChI is InChI=1S/C16H15O2/c1-11-8-12(2)16(13(3)9-11)18-15-7-5-4-6-14(15)10-17/h4-9H,1-3H3. The number of para-hydroxylation sites is 1. The fourth-order valence-corrected chi connectivity index (χ4v) is 2.08. The molecule has 18 heavy (non-hydrogen) atoms. The van der Waals surface area contributed by atoms with E-state index in [4.69, 9.17) is 4.74 Å². The van der Waals surface area contributed by atoms with E-state index >= 15 is 0 Å². The summed E-state index contributed by atoms with van der Waals surface area (Å²) in [5.74, 6) is 1.35. The van der Waals surface area contributed by atoms with E-state index in [1.165, 1.54) is 5.56 Å². The lowest BCUT2D eigenvalue weighted by Crippen LogP contribution is -1.95. The van der Waals surface area contributed by atoms with E-state index < -0.39 is 0 Å². The van der Waals surface area contributed by atoms with Crippen molar-refractivity contribution in [3.05, 3.63) is 58.7 Å². The van der Waals surface area contributed by atoms with Crippen LogP contribution < -0.4 is 4.74 Å². The number of ether oxygens (including phenoxy) is 1. The van der Waals surface area contributed by atoms with Gasteiger partial charge in [-0.3, -0.25) is 4.79 Å². The Labute approximate surface area is 107 Å². The van der Waals surface area contributed by atoms with Crippen molar-refractivity contribution in [3.63, 3.8) is 0 Å². The van der Waals surface area contributed by atoms with Crippen LogP contribution in [0.1, 0.15) is 22.3 Å². The van der Waals surface area contributed by atoms with E-state index in [0.717, 1.165) is 16.9 Å². The Hall–Kier alpha value is -2.09. The SMILES string of the molecule is Cc1cc(C)c(Oc2ccccc2[C]=O)c(C)c1. The van der Waals surface area contributed by atoms with Crippen LogP contribution in [-0.4, -0.2) is 6.29 Å². The summed E-state index contributed by atoms with van der Waals surface area (Å²) in [5, 5.41) is 0. The van der Waals surface area contributed by atoms with E-state index in [2.05, 4.69) is 19.1 Å². The highest BCUT2D eigenvalue weighted by atomic mass is 16.5. The highest BCUT2D eigenvalue weighted by molar-refractivity contribution is 5.79. The van der Waals surface area contributed by atoms with Crippen molar-refractivity contribution in [2.75, 3.05) is 0 Å². The third-order valence-corrected chi connectivity index (χ3v) is 2.81. The van der Waals surface area contributed by atoms with E-state index in [-0.39, 0.29) is 0 Å². The Morgan fingerprint density at radius 3 is 2.22 bits per heavy atom. The van der Waals surface area contributed by atoms with Crippen molar-refractivity contribution < 1.29 is 9.53 Å². The van der Waals surface area contributed by atoms with Crippen LogP contribution in [0, 0.1) is 20.8 Å². The highest BCUT2D eigenvalue weighted by Crippen LogP contribution is 2.31. The maximum absolute atomic E-state index is 10.8. The van der Waals surface area contributed by atoms with Crippen molar-refractivity contribution >= 4 is 6.29 Å². The third-order valence-electron chi connectivity index (χ3n) is 2.81. The van der Waals surface area contributed by atoms with Crippen molar-refractivity contribution in [1.82, 2.24) is 0 Å². The smallest absolute Gasteiger partial charge is 0.237 e. The van der Waals surface area contributed by atoms with Crippen molar-refractivity contribution in [1.29, 1.82) is 0 Å². The average molecular weight is 239 g/mol. The van der Waals surface area contributed by atoms with Crippen LogP contribution >= 0.6 is 0 Å². The van der Waals surface area contributed by atoms with Crippen LogP contribution in [0.25, 0.3) is 0 Å². The number of hydrogen-bond donors (Lipinski definition) is 0. The van der Waals surface area contributed by atoms with Gasteiger partial charge in [0.25, 0.3) is 0 Å². The zero-order chi connectivity index (χ0) is 13.1. The molecule has 0 bridgehead atoms. The van der Waals surface area contributed by atoms with Gasteiger partial charge < -0.3 is 4.74 Å². The molecule has 0 aliphatic heterocycles. The van der Waals surface area contributed by atoms with Crippen molar-refractivity contribution in [2.45, 2.75) is 20.8 Å². The van der Waals surface area contributed by atoms with Gasteiger partial charge >= 0.3 is 0 Å². The molecule has 0 atom stereocenters. The van der Waals surface area contributed by atoms with Crippen LogP contribution in [0.2, 0.25) is 0 Å². The number of carbonyl (C=O) groups excluding carboxylic acids is 1. The van der Waals surface area contributed by atoms with Gasteiger partial charge in [0.05, 0.1) is 5.56 Å². The minimum atomic E-state index is 0.442. The lowest BCUT2D eigenvalue weighted by atomic mass is 10.1. The average Bonchev–Trinajstić information content (AvgIpc) is 2.34. The Kier molecular flexibility index (Phi) is 3.47. The van der Waals surface area contributed by atoms with Gasteiger partial charge in [0, 0.05) is 0 Å². The number of benzene rings is 2. The van der Waals surface area contributed by atoms with E-state index in [1.54, 1.807) is 18.2 Å². The first-order valence-corrected chi connectivity index (χ1v) is 5.84. The summed E-state index contributed by atoms with van der Waals surface area (Å²) in [6, 6.07) is 11.2.